The van der Waals surface area contributed by atoms with Crippen molar-refractivity contribution in [1.29, 1.82) is 0 Å². The minimum absolute atomic E-state index is 0.166. The zero-order valence-electron chi connectivity index (χ0n) is 30.6. The van der Waals surface area contributed by atoms with Gasteiger partial charge < -0.3 is 15.0 Å². The molecule has 0 spiro atoms. The first-order valence-corrected chi connectivity index (χ1v) is 19.4. The molecule has 2 aliphatic heterocycles. The van der Waals surface area contributed by atoms with E-state index in [-0.39, 0.29) is 35.9 Å². The lowest BCUT2D eigenvalue weighted by Gasteiger charge is -2.37. The molecule has 2 aromatic heterocycles. The number of para-hydroxylation sites is 1. The zero-order chi connectivity index (χ0) is 36.8. The van der Waals surface area contributed by atoms with Crippen molar-refractivity contribution in [2.45, 2.75) is 89.9 Å². The molecule has 52 heavy (non-hydrogen) atoms. The highest BCUT2D eigenvalue weighted by Crippen LogP contribution is 2.40. The molecule has 13 heteroatoms. The third-order valence-electron chi connectivity index (χ3n) is 10.5. The molecule has 2 atom stereocenters. The summed E-state index contributed by atoms with van der Waals surface area (Å²) in [4.78, 5) is 25.0. The van der Waals surface area contributed by atoms with E-state index >= 15 is 0 Å². The summed E-state index contributed by atoms with van der Waals surface area (Å²) in [5, 5.41) is 12.2. The Morgan fingerprint density at radius 3 is 2.48 bits per heavy atom. The highest BCUT2D eigenvalue weighted by molar-refractivity contribution is 7.89. The number of amides is 1. The number of aromatic nitrogens is 5. The second kappa shape index (κ2) is 13.9. The highest BCUT2D eigenvalue weighted by atomic mass is 32.2. The molecule has 1 saturated heterocycles. The number of benzene rings is 3. The summed E-state index contributed by atoms with van der Waals surface area (Å²) in [5.74, 6) is 0.365. The van der Waals surface area contributed by atoms with Crippen molar-refractivity contribution in [3.05, 3.63) is 100 Å². The van der Waals surface area contributed by atoms with Gasteiger partial charge in [-0.25, -0.2) is 23.1 Å². The number of sulfonamides is 1. The number of fused-ring (bicyclic) bond motifs is 2. The summed E-state index contributed by atoms with van der Waals surface area (Å²) >= 11 is 0. The number of ether oxygens (including phenoxy) is 1. The topological polar surface area (TPSA) is 135 Å². The average Bonchev–Trinajstić information content (AvgIpc) is 3.49. The molecule has 7 rings (SSSR count). The van der Waals surface area contributed by atoms with Crippen molar-refractivity contribution in [2.75, 3.05) is 24.5 Å². The predicted octanol–water partition coefficient (Wildman–Crippen LogP) is 5.77. The monoisotopic (exact) mass is 722 g/mol. The Morgan fingerprint density at radius 1 is 1.04 bits per heavy atom. The highest BCUT2D eigenvalue weighted by Gasteiger charge is 2.38. The summed E-state index contributed by atoms with van der Waals surface area (Å²) in [7, 11) is -3.86. The Labute approximate surface area is 305 Å². The lowest BCUT2D eigenvalue weighted by atomic mass is 9.74. The van der Waals surface area contributed by atoms with Crippen LogP contribution in [0.2, 0.25) is 0 Å². The molecule has 1 fully saturated rings. The van der Waals surface area contributed by atoms with Crippen LogP contribution in [0.25, 0.3) is 11.0 Å². The molecule has 3 aromatic carbocycles. The van der Waals surface area contributed by atoms with Gasteiger partial charge in [-0.3, -0.25) is 4.79 Å². The van der Waals surface area contributed by atoms with Gasteiger partial charge >= 0.3 is 0 Å². The van der Waals surface area contributed by atoms with Crippen LogP contribution in [0.4, 0.5) is 5.95 Å². The maximum Gasteiger partial charge on any atom is 0.254 e. The summed E-state index contributed by atoms with van der Waals surface area (Å²) in [5.41, 5.74) is 5.97. The third kappa shape index (κ3) is 6.51. The molecule has 1 N–H and O–H groups in total. The molecule has 272 valence electrons. The summed E-state index contributed by atoms with van der Waals surface area (Å²) in [6, 6.07) is 17.2. The van der Waals surface area contributed by atoms with Crippen molar-refractivity contribution >= 4 is 32.9 Å². The van der Waals surface area contributed by atoms with Gasteiger partial charge in [0.15, 0.2) is 0 Å². The molecule has 0 radical (unpaired) electrons. The van der Waals surface area contributed by atoms with Crippen LogP contribution >= 0.6 is 0 Å². The van der Waals surface area contributed by atoms with Crippen LogP contribution in [-0.2, 0) is 23.1 Å². The van der Waals surface area contributed by atoms with Crippen LogP contribution in [0.15, 0.2) is 71.9 Å². The van der Waals surface area contributed by atoms with Crippen LogP contribution in [0, 0.1) is 13.8 Å². The van der Waals surface area contributed by atoms with E-state index in [1.165, 1.54) is 4.31 Å². The molecule has 4 heterocycles. The van der Waals surface area contributed by atoms with Crippen LogP contribution in [0.5, 0.6) is 5.75 Å². The Bertz CT molecular complexity index is 2230. The summed E-state index contributed by atoms with van der Waals surface area (Å²) in [6.07, 6.45) is 4.64. The number of anilines is 1. The summed E-state index contributed by atoms with van der Waals surface area (Å²) < 4.78 is 37.8. The van der Waals surface area contributed by atoms with Gasteiger partial charge in [0.2, 0.25) is 16.0 Å². The van der Waals surface area contributed by atoms with Crippen LogP contribution in [0.3, 0.4) is 0 Å². The van der Waals surface area contributed by atoms with Gasteiger partial charge in [-0.15, -0.1) is 5.10 Å². The molecule has 0 unspecified atom stereocenters. The fourth-order valence-corrected chi connectivity index (χ4v) is 8.87. The second-order valence-corrected chi connectivity index (χ2v) is 16.3. The fraction of sp³-hybridized carbons (Fsp3) is 0.410. The molecule has 12 nitrogen and oxygen atoms in total. The minimum Gasteiger partial charge on any atom is -0.488 e. The normalized spacial score (nSPS) is 17.9. The molecule has 0 aliphatic carbocycles. The smallest absolute Gasteiger partial charge is 0.254 e. The molecule has 5 aromatic rings. The van der Waals surface area contributed by atoms with E-state index in [1.807, 2.05) is 58.4 Å². The first kappa shape index (κ1) is 35.5. The Hall–Kier alpha value is -4.88. The molecular weight excluding hydrogens is 677 g/mol. The number of nitrogens with one attached hydrogen (secondary N) is 1. The van der Waals surface area contributed by atoms with Gasteiger partial charge in [-0.05, 0) is 93.5 Å². The Kier molecular flexibility index (Phi) is 9.51. The zero-order valence-corrected chi connectivity index (χ0v) is 31.4. The largest absolute Gasteiger partial charge is 0.488 e. The first-order valence-electron chi connectivity index (χ1n) is 18.0. The van der Waals surface area contributed by atoms with Crippen LogP contribution in [-0.4, -0.2) is 74.9 Å². The fourth-order valence-electron chi connectivity index (χ4n) is 7.30. The number of carbonyl (C=O) groups excluding carboxylic acids is 1. The van der Waals surface area contributed by atoms with Crippen molar-refractivity contribution in [2.24, 2.45) is 0 Å². The van der Waals surface area contributed by atoms with E-state index in [2.05, 4.69) is 48.7 Å². The Balaban J connectivity index is 1.28. The van der Waals surface area contributed by atoms with E-state index in [1.54, 1.807) is 36.7 Å². The maximum atomic E-state index is 14.1. The standard InChI is InChI=1S/C39H46N8O4S/c1-7-30-24-46(52(49,50)34-13-10-9-12-33(34)51-30)23-28-20-27(15-14-25(28)3)35(31-16-17-32-36(26(31)4)43-44-47(32)8-2)39(5,6)42-37(48)29-21-40-38(41-22-29)45-18-11-19-45/h9-10,12-17,20-22,30,35H,7-8,11,18-19,23-24H2,1-6H3,(H,42,48)/t30-,35+/m1/s1. The third-order valence-corrected chi connectivity index (χ3v) is 12.3. The van der Waals surface area contributed by atoms with Gasteiger partial charge in [0.1, 0.15) is 22.3 Å². The van der Waals surface area contributed by atoms with Gasteiger partial charge in [0, 0.05) is 50.0 Å². The van der Waals surface area contributed by atoms with Crippen molar-refractivity contribution < 1.29 is 17.9 Å². The number of rotatable bonds is 10. The summed E-state index contributed by atoms with van der Waals surface area (Å²) in [6.45, 7) is 15.0. The lowest BCUT2D eigenvalue weighted by molar-refractivity contribution is 0.0905. The van der Waals surface area contributed by atoms with Crippen molar-refractivity contribution in [3.8, 4) is 5.75 Å². The van der Waals surface area contributed by atoms with E-state index in [0.29, 0.717) is 30.2 Å². The predicted molar refractivity (Wildman–Crippen MR) is 200 cm³/mol. The average molecular weight is 723 g/mol. The van der Waals surface area contributed by atoms with E-state index in [9.17, 15) is 13.2 Å². The number of nitrogens with zero attached hydrogens (tertiary/aromatic N) is 7. The quantitative estimate of drug-likeness (QED) is 0.191. The lowest BCUT2D eigenvalue weighted by Crippen LogP contribution is -2.48. The molecule has 0 saturated carbocycles. The first-order chi connectivity index (χ1) is 24.9. The van der Waals surface area contributed by atoms with Gasteiger partial charge in [0.05, 0.1) is 17.6 Å². The second-order valence-electron chi connectivity index (χ2n) is 14.4. The number of hydrogen-bond donors (Lipinski definition) is 1. The van der Waals surface area contributed by atoms with Crippen LogP contribution < -0.4 is 15.0 Å². The Morgan fingerprint density at radius 2 is 1.79 bits per heavy atom. The number of hydrogen-bond acceptors (Lipinski definition) is 9. The van der Waals surface area contributed by atoms with E-state index < -0.39 is 15.6 Å². The molecule has 1 amide bonds. The van der Waals surface area contributed by atoms with E-state index in [0.717, 1.165) is 58.4 Å². The minimum atomic E-state index is -3.86. The number of aryl methyl sites for hydroxylation is 3. The van der Waals surface area contributed by atoms with Crippen molar-refractivity contribution in [1.82, 2.24) is 34.6 Å². The molecular formula is C39H46N8O4S. The molecule has 2 aliphatic rings. The SMILES string of the molecule is CC[C@@H]1CN(Cc2cc([C@@H](c3ccc4c(nnn4CC)c3C)C(C)(C)NC(=O)c3cnc(N4CCC4)nc3)ccc2C)S(=O)(=O)c2ccccc2O1. The van der Waals surface area contributed by atoms with Crippen LogP contribution in [0.1, 0.15) is 84.6 Å². The van der Waals surface area contributed by atoms with Gasteiger partial charge in [-0.1, -0.05) is 48.5 Å². The van der Waals surface area contributed by atoms with E-state index in [4.69, 9.17) is 4.74 Å². The number of carbonyl (C=O) groups is 1. The maximum absolute atomic E-state index is 14.1. The van der Waals surface area contributed by atoms with Crippen molar-refractivity contribution in [3.63, 3.8) is 0 Å². The molecule has 0 bridgehead atoms. The van der Waals surface area contributed by atoms with Gasteiger partial charge in [-0.2, -0.15) is 4.31 Å². The van der Waals surface area contributed by atoms with Gasteiger partial charge in [0.25, 0.3) is 5.91 Å².